The molecule has 2 aromatic rings. The van der Waals surface area contributed by atoms with Crippen LogP contribution in [0, 0.1) is 13.8 Å². The lowest BCUT2D eigenvalue weighted by Gasteiger charge is -2.05. The van der Waals surface area contributed by atoms with E-state index in [1.165, 1.54) is 11.3 Å². The normalized spacial score (nSPS) is 11.0. The molecule has 0 aliphatic carbocycles. The van der Waals surface area contributed by atoms with Crippen molar-refractivity contribution in [2.45, 2.75) is 58.8 Å². The van der Waals surface area contributed by atoms with E-state index in [2.05, 4.69) is 15.3 Å². The zero-order valence-electron chi connectivity index (χ0n) is 15.2. The predicted molar refractivity (Wildman–Crippen MR) is 102 cm³/mol. The van der Waals surface area contributed by atoms with Crippen molar-refractivity contribution in [1.29, 1.82) is 0 Å². The molecule has 7 nitrogen and oxygen atoms in total. The first-order valence-electron chi connectivity index (χ1n) is 8.86. The number of rotatable bonds is 10. The van der Waals surface area contributed by atoms with Crippen molar-refractivity contribution >= 4 is 33.4 Å². The molecule has 26 heavy (non-hydrogen) atoms. The van der Waals surface area contributed by atoms with E-state index in [1.807, 2.05) is 13.8 Å². The molecule has 142 valence electrons. The van der Waals surface area contributed by atoms with Crippen LogP contribution in [0.15, 0.2) is 4.79 Å². The van der Waals surface area contributed by atoms with Gasteiger partial charge in [0.05, 0.1) is 5.39 Å². The van der Waals surface area contributed by atoms with Crippen LogP contribution in [0.25, 0.3) is 10.2 Å². The first kappa shape index (κ1) is 20.1. The summed E-state index contributed by atoms with van der Waals surface area (Å²) in [6, 6.07) is 0. The largest absolute Gasteiger partial charge is 0.481 e. The number of hydrogen-bond acceptors (Lipinski definition) is 5. The van der Waals surface area contributed by atoms with Crippen molar-refractivity contribution in [2.75, 3.05) is 6.54 Å². The second-order valence-corrected chi connectivity index (χ2v) is 7.59. The van der Waals surface area contributed by atoms with Crippen molar-refractivity contribution in [3.8, 4) is 0 Å². The summed E-state index contributed by atoms with van der Waals surface area (Å²) in [4.78, 5) is 43.5. The maximum Gasteiger partial charge on any atom is 0.303 e. The highest BCUT2D eigenvalue weighted by Gasteiger charge is 2.12. The Morgan fingerprint density at radius 1 is 1.15 bits per heavy atom. The lowest BCUT2D eigenvalue weighted by molar-refractivity contribution is -0.137. The van der Waals surface area contributed by atoms with Gasteiger partial charge in [0.15, 0.2) is 0 Å². The first-order chi connectivity index (χ1) is 12.4. The smallest absolute Gasteiger partial charge is 0.303 e. The van der Waals surface area contributed by atoms with Gasteiger partial charge in [0.2, 0.25) is 5.91 Å². The van der Waals surface area contributed by atoms with Crippen molar-refractivity contribution in [2.24, 2.45) is 0 Å². The number of carbonyl (C=O) groups is 2. The average molecular weight is 379 g/mol. The van der Waals surface area contributed by atoms with Crippen molar-refractivity contribution in [3.05, 3.63) is 26.6 Å². The van der Waals surface area contributed by atoms with Crippen LogP contribution in [0.2, 0.25) is 0 Å². The number of aromatic nitrogens is 2. The van der Waals surface area contributed by atoms with Gasteiger partial charge < -0.3 is 15.4 Å². The highest BCUT2D eigenvalue weighted by molar-refractivity contribution is 7.18. The maximum absolute atomic E-state index is 12.2. The van der Waals surface area contributed by atoms with Gasteiger partial charge in [-0.3, -0.25) is 14.4 Å². The molecule has 0 spiro atoms. The Labute approximate surface area is 155 Å². The van der Waals surface area contributed by atoms with Gasteiger partial charge in [-0.1, -0.05) is 12.8 Å². The minimum atomic E-state index is -0.768. The Hall–Kier alpha value is -2.22. The van der Waals surface area contributed by atoms with Gasteiger partial charge in [0.1, 0.15) is 10.7 Å². The highest BCUT2D eigenvalue weighted by Crippen LogP contribution is 2.25. The Balaban J connectivity index is 1.73. The third kappa shape index (κ3) is 5.66. The number of aliphatic carboxylic acids is 1. The summed E-state index contributed by atoms with van der Waals surface area (Å²) >= 11 is 1.50. The number of amides is 1. The van der Waals surface area contributed by atoms with Gasteiger partial charge in [0.25, 0.3) is 5.56 Å². The molecule has 8 heteroatoms. The van der Waals surface area contributed by atoms with E-state index < -0.39 is 5.97 Å². The van der Waals surface area contributed by atoms with Crippen LogP contribution in [0.3, 0.4) is 0 Å². The van der Waals surface area contributed by atoms with Crippen LogP contribution in [-0.2, 0) is 16.0 Å². The first-order valence-corrected chi connectivity index (χ1v) is 9.67. The molecule has 3 N–H and O–H groups in total. The van der Waals surface area contributed by atoms with Gasteiger partial charge in [-0.2, -0.15) is 0 Å². The van der Waals surface area contributed by atoms with Crippen molar-refractivity contribution in [1.82, 2.24) is 15.3 Å². The van der Waals surface area contributed by atoms with Gasteiger partial charge >= 0.3 is 5.97 Å². The fraction of sp³-hybridized carbons (Fsp3) is 0.556. The van der Waals surface area contributed by atoms with Gasteiger partial charge in [-0.25, -0.2) is 4.98 Å². The van der Waals surface area contributed by atoms with Crippen molar-refractivity contribution in [3.63, 3.8) is 0 Å². The minimum absolute atomic E-state index is 0.0724. The van der Waals surface area contributed by atoms with Crippen molar-refractivity contribution < 1.29 is 14.7 Å². The van der Waals surface area contributed by atoms with E-state index in [4.69, 9.17) is 5.11 Å². The monoisotopic (exact) mass is 379 g/mol. The maximum atomic E-state index is 12.2. The summed E-state index contributed by atoms with van der Waals surface area (Å²) in [6.45, 7) is 4.47. The zero-order valence-corrected chi connectivity index (χ0v) is 16.0. The molecule has 1 amide bonds. The lowest BCUT2D eigenvalue weighted by atomic mass is 10.1. The summed E-state index contributed by atoms with van der Waals surface area (Å²) in [5.41, 5.74) is 0.819. The number of H-pyrrole nitrogens is 1. The number of nitrogens with one attached hydrogen (secondary N) is 2. The molecule has 0 aliphatic heterocycles. The minimum Gasteiger partial charge on any atom is -0.481 e. The van der Waals surface area contributed by atoms with Gasteiger partial charge in [0, 0.05) is 30.7 Å². The van der Waals surface area contributed by atoms with Crippen LogP contribution >= 0.6 is 11.3 Å². The highest BCUT2D eigenvalue weighted by atomic mass is 32.1. The van der Waals surface area contributed by atoms with E-state index in [0.717, 1.165) is 34.5 Å². The Morgan fingerprint density at radius 2 is 1.88 bits per heavy atom. The molecule has 0 saturated carbocycles. The fourth-order valence-electron chi connectivity index (χ4n) is 2.72. The summed E-state index contributed by atoms with van der Waals surface area (Å²) in [7, 11) is 0. The Kier molecular flexibility index (Phi) is 7.32. The molecule has 2 aromatic heterocycles. The quantitative estimate of drug-likeness (QED) is 0.550. The van der Waals surface area contributed by atoms with Crippen LogP contribution in [0.4, 0.5) is 0 Å². The molecule has 0 fully saturated rings. The van der Waals surface area contributed by atoms with Gasteiger partial charge in [-0.15, -0.1) is 11.3 Å². The second kappa shape index (κ2) is 9.47. The molecular weight excluding hydrogens is 354 g/mol. The summed E-state index contributed by atoms with van der Waals surface area (Å²) in [5.74, 6) is -0.305. The molecule has 0 radical (unpaired) electrons. The molecule has 0 atom stereocenters. The number of unbranched alkanes of at least 4 members (excludes halogenated alkanes) is 3. The number of carboxylic acids is 1. The van der Waals surface area contributed by atoms with Crippen LogP contribution in [-0.4, -0.2) is 33.5 Å². The molecular formula is C18H25N3O4S. The molecule has 0 bridgehead atoms. The SMILES string of the molecule is Cc1sc2nc(CCC(=O)NCCCCCCC(=O)O)[nH]c(=O)c2c1C. The molecule has 0 saturated heterocycles. The van der Waals surface area contributed by atoms with E-state index in [9.17, 15) is 14.4 Å². The molecule has 0 aliphatic rings. The molecule has 0 aromatic carbocycles. The molecule has 2 rings (SSSR count). The number of aromatic amines is 1. The third-order valence-electron chi connectivity index (χ3n) is 4.32. The van der Waals surface area contributed by atoms with E-state index in [-0.39, 0.29) is 24.3 Å². The van der Waals surface area contributed by atoms with E-state index in [1.54, 1.807) is 0 Å². The number of nitrogens with zero attached hydrogens (tertiary/aromatic N) is 1. The topological polar surface area (TPSA) is 112 Å². The third-order valence-corrected chi connectivity index (χ3v) is 5.42. The van der Waals surface area contributed by atoms with Crippen LogP contribution < -0.4 is 10.9 Å². The zero-order chi connectivity index (χ0) is 19.1. The van der Waals surface area contributed by atoms with Gasteiger partial charge in [-0.05, 0) is 32.3 Å². The number of hydrogen-bond donors (Lipinski definition) is 3. The Morgan fingerprint density at radius 3 is 2.62 bits per heavy atom. The number of thiophene rings is 1. The molecule has 0 unspecified atom stereocenters. The van der Waals surface area contributed by atoms with E-state index >= 15 is 0 Å². The Bertz CT molecular complexity index is 841. The van der Waals surface area contributed by atoms with Crippen LogP contribution in [0.5, 0.6) is 0 Å². The number of aryl methyl sites for hydroxylation is 3. The average Bonchev–Trinajstić information content (AvgIpc) is 2.86. The fourth-order valence-corrected chi connectivity index (χ4v) is 3.77. The standard InChI is InChI=1S/C18H25N3O4S/c1-11-12(2)26-18-16(11)17(25)20-13(21-18)8-9-14(22)19-10-6-4-3-5-7-15(23)24/h3-10H2,1-2H3,(H,19,22)(H,23,24)(H,20,21,25). The summed E-state index contributed by atoms with van der Waals surface area (Å²) < 4.78 is 0. The summed E-state index contributed by atoms with van der Waals surface area (Å²) in [6.07, 6.45) is 4.13. The molecule has 2 heterocycles. The lowest BCUT2D eigenvalue weighted by Crippen LogP contribution is -2.25. The second-order valence-electron chi connectivity index (χ2n) is 6.38. The number of fused-ring (bicyclic) bond motifs is 1. The predicted octanol–water partition coefficient (Wildman–Crippen LogP) is 2.69. The number of carbonyl (C=O) groups excluding carboxylic acids is 1. The number of carboxylic acid groups (broad SMARTS) is 1. The van der Waals surface area contributed by atoms with E-state index in [0.29, 0.717) is 30.6 Å². The summed E-state index contributed by atoms with van der Waals surface area (Å²) in [5, 5.41) is 12.0. The van der Waals surface area contributed by atoms with Crippen LogP contribution in [0.1, 0.15) is 54.8 Å².